The zero-order chi connectivity index (χ0) is 19.1. The van der Waals surface area contributed by atoms with Crippen LogP contribution in [0, 0.1) is 0 Å². The number of phenolic OH excluding ortho intramolecular Hbond substituents is 2. The Morgan fingerprint density at radius 1 is 1.04 bits per heavy atom. The van der Waals surface area contributed by atoms with Crippen LogP contribution < -0.4 is 4.74 Å². The summed E-state index contributed by atoms with van der Waals surface area (Å²) >= 11 is 0. The summed E-state index contributed by atoms with van der Waals surface area (Å²) in [5.74, 6) is -0.101. The van der Waals surface area contributed by atoms with Gasteiger partial charge in [-0.05, 0) is 41.8 Å². The largest absolute Gasteiger partial charge is 0.508 e. The van der Waals surface area contributed by atoms with Gasteiger partial charge in [0.1, 0.15) is 17.3 Å². The highest BCUT2D eigenvalue weighted by atomic mass is 16.5. The van der Waals surface area contributed by atoms with Crippen LogP contribution >= 0.6 is 0 Å². The fourth-order valence-corrected chi connectivity index (χ4v) is 2.57. The predicted octanol–water partition coefficient (Wildman–Crippen LogP) is 2.69. The highest BCUT2D eigenvalue weighted by molar-refractivity contribution is 5.99. The van der Waals surface area contributed by atoms with Gasteiger partial charge in [0.2, 0.25) is 0 Å². The lowest BCUT2D eigenvalue weighted by Crippen LogP contribution is -2.12. The fraction of sp³-hybridized carbons (Fsp3) is 0.300. The average Bonchev–Trinajstić information content (AvgIpc) is 2.61. The van der Waals surface area contributed by atoms with Crippen LogP contribution in [0.25, 0.3) is 0 Å². The molecule has 0 saturated heterocycles. The molecule has 2 aromatic carbocycles. The molecular weight excluding hydrogens is 336 g/mol. The molecule has 1 unspecified atom stereocenters. The third kappa shape index (κ3) is 5.60. The number of aryl methyl sites for hydroxylation is 1. The Morgan fingerprint density at radius 2 is 1.73 bits per heavy atom. The first-order valence-corrected chi connectivity index (χ1v) is 8.25. The van der Waals surface area contributed by atoms with Crippen molar-refractivity contribution in [1.29, 1.82) is 0 Å². The number of hydrogen-bond donors (Lipinski definition) is 3. The van der Waals surface area contributed by atoms with Crippen molar-refractivity contribution < 1.29 is 29.6 Å². The van der Waals surface area contributed by atoms with E-state index < -0.39 is 6.10 Å². The Morgan fingerprint density at radius 3 is 2.38 bits per heavy atom. The smallest absolute Gasteiger partial charge is 0.160 e. The molecule has 0 fully saturated rings. The van der Waals surface area contributed by atoms with Gasteiger partial charge in [-0.2, -0.15) is 0 Å². The summed E-state index contributed by atoms with van der Waals surface area (Å²) in [6, 6.07) is 10.8. The molecule has 6 nitrogen and oxygen atoms in total. The number of ether oxygens (including phenoxy) is 1. The standard InChI is InChI=1S/C20H22O6/c1-26-20-10-13(3-9-18(20)24)2-6-16(22)11-17(23)12-19(25)14-4-7-15(21)8-5-14/h3-5,7-10,19,21,24-25H,2,6,11-12H2,1H3. The number of hydrogen-bond acceptors (Lipinski definition) is 6. The second-order valence-corrected chi connectivity index (χ2v) is 6.07. The van der Waals surface area contributed by atoms with Crippen LogP contribution in [0.3, 0.4) is 0 Å². The second kappa shape index (κ2) is 9.01. The maximum Gasteiger partial charge on any atom is 0.160 e. The summed E-state index contributed by atoms with van der Waals surface area (Å²) in [6.07, 6.45) is -0.760. The van der Waals surface area contributed by atoms with E-state index in [4.69, 9.17) is 4.74 Å². The summed E-state index contributed by atoms with van der Waals surface area (Å²) in [5, 5.41) is 28.8. The van der Waals surface area contributed by atoms with E-state index in [1.54, 1.807) is 12.1 Å². The summed E-state index contributed by atoms with van der Waals surface area (Å²) in [7, 11) is 1.45. The maximum absolute atomic E-state index is 12.0. The van der Waals surface area contributed by atoms with Crippen LogP contribution in [0.4, 0.5) is 0 Å². The quantitative estimate of drug-likeness (QED) is 0.596. The van der Waals surface area contributed by atoms with Crippen molar-refractivity contribution in [3.63, 3.8) is 0 Å². The first-order valence-electron chi connectivity index (χ1n) is 8.25. The van der Waals surface area contributed by atoms with Crippen molar-refractivity contribution >= 4 is 11.6 Å². The third-order valence-electron chi connectivity index (χ3n) is 4.03. The Hall–Kier alpha value is -2.86. The lowest BCUT2D eigenvalue weighted by molar-refractivity contribution is -0.128. The first kappa shape index (κ1) is 19.5. The molecule has 138 valence electrons. The minimum atomic E-state index is -1.00. The van der Waals surface area contributed by atoms with Gasteiger partial charge in [0.05, 0.1) is 19.6 Å². The molecule has 3 N–H and O–H groups in total. The van der Waals surface area contributed by atoms with E-state index in [9.17, 15) is 24.9 Å². The number of methoxy groups -OCH3 is 1. The molecule has 6 heteroatoms. The van der Waals surface area contributed by atoms with E-state index >= 15 is 0 Å². The van der Waals surface area contributed by atoms with E-state index in [1.165, 1.54) is 37.4 Å². The molecule has 0 saturated carbocycles. The normalized spacial score (nSPS) is 11.8. The molecular formula is C20H22O6. The van der Waals surface area contributed by atoms with Crippen molar-refractivity contribution in [2.24, 2.45) is 0 Å². The molecule has 0 bridgehead atoms. The van der Waals surface area contributed by atoms with E-state index in [-0.39, 0.29) is 42.3 Å². The summed E-state index contributed by atoms with van der Waals surface area (Å²) in [5.41, 5.74) is 1.34. The van der Waals surface area contributed by atoms with Crippen LogP contribution in [0.2, 0.25) is 0 Å². The molecule has 0 radical (unpaired) electrons. The first-order chi connectivity index (χ1) is 12.4. The Labute approximate surface area is 151 Å². The maximum atomic E-state index is 12.0. The number of carbonyl (C=O) groups is 2. The number of Topliss-reactive ketones (excluding diaryl/α,β-unsaturated/α-hetero) is 2. The number of phenols is 2. The number of aromatic hydroxyl groups is 2. The fourth-order valence-electron chi connectivity index (χ4n) is 2.57. The monoisotopic (exact) mass is 358 g/mol. The molecule has 0 aliphatic heterocycles. The third-order valence-corrected chi connectivity index (χ3v) is 4.03. The molecule has 2 aromatic rings. The Kier molecular flexibility index (Phi) is 6.74. The van der Waals surface area contributed by atoms with E-state index in [0.717, 1.165) is 5.56 Å². The predicted molar refractivity (Wildman–Crippen MR) is 95.3 cm³/mol. The lowest BCUT2D eigenvalue weighted by atomic mass is 9.99. The van der Waals surface area contributed by atoms with Gasteiger partial charge in [0, 0.05) is 12.8 Å². The molecule has 1 atom stereocenters. The zero-order valence-electron chi connectivity index (χ0n) is 14.5. The van der Waals surface area contributed by atoms with Crippen molar-refractivity contribution in [2.45, 2.75) is 31.8 Å². The van der Waals surface area contributed by atoms with Crippen LogP contribution in [-0.4, -0.2) is 34.0 Å². The second-order valence-electron chi connectivity index (χ2n) is 6.07. The van der Waals surface area contributed by atoms with Gasteiger partial charge in [-0.3, -0.25) is 9.59 Å². The van der Waals surface area contributed by atoms with E-state index in [0.29, 0.717) is 17.7 Å². The molecule has 0 amide bonds. The summed E-state index contributed by atoms with van der Waals surface area (Å²) in [4.78, 5) is 24.0. The molecule has 0 heterocycles. The molecule has 0 aromatic heterocycles. The van der Waals surface area contributed by atoms with Gasteiger partial charge in [-0.25, -0.2) is 0 Å². The number of carbonyl (C=O) groups excluding carboxylic acids is 2. The van der Waals surface area contributed by atoms with Crippen LogP contribution in [0.5, 0.6) is 17.2 Å². The van der Waals surface area contributed by atoms with Crippen molar-refractivity contribution in [3.05, 3.63) is 53.6 Å². The molecule has 26 heavy (non-hydrogen) atoms. The summed E-state index contributed by atoms with van der Waals surface area (Å²) < 4.78 is 5.02. The van der Waals surface area contributed by atoms with Gasteiger partial charge in [0.25, 0.3) is 0 Å². The number of rotatable bonds is 9. The molecule has 0 spiro atoms. The molecule has 2 rings (SSSR count). The van der Waals surface area contributed by atoms with Crippen LogP contribution in [0.1, 0.15) is 36.5 Å². The number of ketones is 2. The number of aliphatic hydroxyl groups excluding tert-OH is 1. The highest BCUT2D eigenvalue weighted by Crippen LogP contribution is 2.27. The van der Waals surface area contributed by atoms with E-state index in [1.807, 2.05) is 0 Å². The van der Waals surface area contributed by atoms with E-state index in [2.05, 4.69) is 0 Å². The highest BCUT2D eigenvalue weighted by Gasteiger charge is 2.16. The Bertz CT molecular complexity index is 766. The Balaban J connectivity index is 1.81. The van der Waals surface area contributed by atoms with Crippen molar-refractivity contribution in [1.82, 2.24) is 0 Å². The SMILES string of the molecule is COc1cc(CCC(=O)CC(=O)CC(O)c2ccc(O)cc2)ccc1O. The summed E-state index contributed by atoms with van der Waals surface area (Å²) in [6.45, 7) is 0. The van der Waals surface area contributed by atoms with Gasteiger partial charge in [-0.15, -0.1) is 0 Å². The number of aliphatic hydroxyl groups is 1. The van der Waals surface area contributed by atoms with Crippen molar-refractivity contribution in [2.75, 3.05) is 7.11 Å². The average molecular weight is 358 g/mol. The van der Waals surface area contributed by atoms with Crippen LogP contribution in [-0.2, 0) is 16.0 Å². The van der Waals surface area contributed by atoms with Crippen molar-refractivity contribution in [3.8, 4) is 17.2 Å². The van der Waals surface area contributed by atoms with Gasteiger partial charge in [-0.1, -0.05) is 18.2 Å². The number of benzene rings is 2. The lowest BCUT2D eigenvalue weighted by Gasteiger charge is -2.10. The minimum Gasteiger partial charge on any atom is -0.508 e. The minimum absolute atomic E-state index is 0.0287. The van der Waals surface area contributed by atoms with Gasteiger partial charge >= 0.3 is 0 Å². The molecule has 0 aliphatic carbocycles. The zero-order valence-corrected chi connectivity index (χ0v) is 14.5. The van der Waals surface area contributed by atoms with Gasteiger partial charge < -0.3 is 20.1 Å². The molecule has 0 aliphatic rings. The topological polar surface area (TPSA) is 104 Å². The van der Waals surface area contributed by atoms with Crippen LogP contribution in [0.15, 0.2) is 42.5 Å². The van der Waals surface area contributed by atoms with Gasteiger partial charge in [0.15, 0.2) is 11.5 Å².